The van der Waals surface area contributed by atoms with Gasteiger partial charge in [0.15, 0.2) is 11.5 Å². The molecule has 0 radical (unpaired) electrons. The Balaban J connectivity index is 1.87. The highest BCUT2D eigenvalue weighted by atomic mass is 35.5. The van der Waals surface area contributed by atoms with Gasteiger partial charge in [0.05, 0.1) is 23.6 Å². The topological polar surface area (TPSA) is 66.8 Å². The number of ether oxygens (including phenoxy) is 1. The van der Waals surface area contributed by atoms with Crippen LogP contribution in [0.5, 0.6) is 11.5 Å². The number of carbonyl (C=O) groups is 2. The number of halogens is 1. The summed E-state index contributed by atoms with van der Waals surface area (Å²) in [5, 5.41) is 9.55. The summed E-state index contributed by atoms with van der Waals surface area (Å²) in [5.41, 5.74) is 1.44. The van der Waals surface area contributed by atoms with Crippen molar-refractivity contribution < 1.29 is 19.4 Å². The lowest BCUT2D eigenvalue weighted by Gasteiger charge is -2.12. The van der Waals surface area contributed by atoms with Crippen molar-refractivity contribution in [2.24, 2.45) is 0 Å². The molecule has 1 heterocycles. The van der Waals surface area contributed by atoms with Gasteiger partial charge < -0.3 is 9.84 Å². The minimum absolute atomic E-state index is 0.106. The number of amides is 2. The zero-order valence-corrected chi connectivity index (χ0v) is 14.8. The molecule has 0 atom stereocenters. The average molecular weight is 376 g/mol. The van der Waals surface area contributed by atoms with E-state index < -0.39 is 0 Å². The summed E-state index contributed by atoms with van der Waals surface area (Å²) in [4.78, 5) is 26.2. The molecule has 2 aromatic carbocycles. The monoisotopic (exact) mass is 375 g/mol. The van der Waals surface area contributed by atoms with Gasteiger partial charge in [-0.05, 0) is 41.1 Å². The van der Waals surface area contributed by atoms with Crippen LogP contribution in [0, 0.1) is 0 Å². The SMILES string of the molecule is COc1cc(/C=C2/SC(=O)N(Cc3ccccc3)C2=O)cc(Cl)c1O. The normalized spacial score (nSPS) is 15.9. The maximum atomic E-state index is 12.5. The van der Waals surface area contributed by atoms with E-state index in [1.54, 1.807) is 12.1 Å². The number of phenols is 1. The van der Waals surface area contributed by atoms with Gasteiger partial charge >= 0.3 is 0 Å². The van der Waals surface area contributed by atoms with Crippen molar-refractivity contribution in [3.05, 3.63) is 63.5 Å². The first-order valence-corrected chi connectivity index (χ1v) is 8.55. The van der Waals surface area contributed by atoms with E-state index in [0.29, 0.717) is 10.5 Å². The van der Waals surface area contributed by atoms with Gasteiger partial charge in [-0.1, -0.05) is 41.9 Å². The van der Waals surface area contributed by atoms with Gasteiger partial charge in [0.2, 0.25) is 0 Å². The van der Waals surface area contributed by atoms with Gasteiger partial charge in [-0.2, -0.15) is 0 Å². The molecule has 1 N–H and O–H groups in total. The zero-order chi connectivity index (χ0) is 18.0. The Hall–Kier alpha value is -2.44. The number of hydrogen-bond acceptors (Lipinski definition) is 5. The van der Waals surface area contributed by atoms with E-state index >= 15 is 0 Å². The number of methoxy groups -OCH3 is 1. The first-order valence-electron chi connectivity index (χ1n) is 7.35. The number of benzene rings is 2. The average Bonchev–Trinajstić information content (AvgIpc) is 2.86. The molecule has 2 amide bonds. The standard InChI is InChI=1S/C18H14ClNO4S/c1-24-14-8-12(7-13(19)16(14)21)9-15-17(22)20(18(23)25-15)10-11-5-3-2-4-6-11/h2-9,21H,10H2,1H3/b15-9+. The van der Waals surface area contributed by atoms with Crippen LogP contribution in [-0.4, -0.2) is 28.3 Å². The molecule has 0 saturated carbocycles. The van der Waals surface area contributed by atoms with Gasteiger partial charge in [-0.3, -0.25) is 14.5 Å². The third-order valence-electron chi connectivity index (χ3n) is 3.63. The smallest absolute Gasteiger partial charge is 0.293 e. The van der Waals surface area contributed by atoms with Crippen molar-refractivity contribution in [1.82, 2.24) is 4.90 Å². The van der Waals surface area contributed by atoms with Crippen LogP contribution >= 0.6 is 23.4 Å². The number of nitrogens with zero attached hydrogens (tertiary/aromatic N) is 1. The van der Waals surface area contributed by atoms with Crippen LogP contribution in [-0.2, 0) is 11.3 Å². The molecule has 0 aliphatic carbocycles. The first-order chi connectivity index (χ1) is 12.0. The van der Waals surface area contributed by atoms with E-state index in [-0.39, 0.29) is 34.2 Å². The molecule has 5 nitrogen and oxygen atoms in total. The third kappa shape index (κ3) is 3.65. The highest BCUT2D eigenvalue weighted by molar-refractivity contribution is 8.18. The van der Waals surface area contributed by atoms with Crippen LogP contribution in [0.2, 0.25) is 5.02 Å². The second-order valence-electron chi connectivity index (χ2n) is 5.31. The molecule has 0 bridgehead atoms. The molecule has 0 unspecified atom stereocenters. The minimum Gasteiger partial charge on any atom is -0.503 e. The van der Waals surface area contributed by atoms with E-state index in [4.69, 9.17) is 16.3 Å². The fourth-order valence-electron chi connectivity index (χ4n) is 2.39. The van der Waals surface area contributed by atoms with Crippen LogP contribution in [0.25, 0.3) is 6.08 Å². The summed E-state index contributed by atoms with van der Waals surface area (Å²) in [6.45, 7) is 0.225. The zero-order valence-electron chi connectivity index (χ0n) is 13.2. The molecule has 1 fully saturated rings. The van der Waals surface area contributed by atoms with Crippen molar-refractivity contribution in [3.8, 4) is 11.5 Å². The number of phenolic OH excluding ortho intramolecular Hbond substituents is 1. The lowest BCUT2D eigenvalue weighted by atomic mass is 10.1. The van der Waals surface area contributed by atoms with Gasteiger partial charge in [0, 0.05) is 0 Å². The van der Waals surface area contributed by atoms with Crippen molar-refractivity contribution in [3.63, 3.8) is 0 Å². The van der Waals surface area contributed by atoms with Gasteiger partial charge in [0.1, 0.15) is 0 Å². The van der Waals surface area contributed by atoms with Crippen molar-refractivity contribution >= 4 is 40.6 Å². The summed E-state index contributed by atoms with van der Waals surface area (Å²) in [5.74, 6) is -0.331. The summed E-state index contributed by atoms with van der Waals surface area (Å²) >= 11 is 6.83. The molecule has 0 spiro atoms. The van der Waals surface area contributed by atoms with Crippen LogP contribution in [0.3, 0.4) is 0 Å². The largest absolute Gasteiger partial charge is 0.503 e. The molecule has 25 heavy (non-hydrogen) atoms. The molecule has 128 valence electrons. The van der Waals surface area contributed by atoms with E-state index in [2.05, 4.69) is 0 Å². The number of hydrogen-bond donors (Lipinski definition) is 1. The molecular formula is C18H14ClNO4S. The number of thioether (sulfide) groups is 1. The van der Waals surface area contributed by atoms with Crippen molar-refractivity contribution in [2.45, 2.75) is 6.54 Å². The van der Waals surface area contributed by atoms with Gasteiger partial charge in [0.25, 0.3) is 11.1 Å². The molecule has 1 aliphatic heterocycles. The Kier molecular flexibility index (Phi) is 5.01. The van der Waals surface area contributed by atoms with Crippen LogP contribution in [0.15, 0.2) is 47.4 Å². The second kappa shape index (κ2) is 7.21. The Morgan fingerprint density at radius 3 is 2.64 bits per heavy atom. The molecule has 1 aliphatic rings. The highest BCUT2D eigenvalue weighted by Gasteiger charge is 2.35. The van der Waals surface area contributed by atoms with E-state index in [1.807, 2.05) is 30.3 Å². The van der Waals surface area contributed by atoms with Crippen molar-refractivity contribution in [1.29, 1.82) is 0 Å². The third-order valence-corrected chi connectivity index (χ3v) is 4.82. The van der Waals surface area contributed by atoms with Gasteiger partial charge in [-0.25, -0.2) is 0 Å². The van der Waals surface area contributed by atoms with E-state index in [9.17, 15) is 14.7 Å². The first kappa shape index (κ1) is 17.4. The second-order valence-corrected chi connectivity index (χ2v) is 6.71. The quantitative estimate of drug-likeness (QED) is 0.807. The fourth-order valence-corrected chi connectivity index (χ4v) is 3.44. The summed E-state index contributed by atoms with van der Waals surface area (Å²) in [6.07, 6.45) is 1.56. The number of carbonyl (C=O) groups excluding carboxylic acids is 2. The Morgan fingerprint density at radius 1 is 1.24 bits per heavy atom. The molecule has 7 heteroatoms. The summed E-state index contributed by atoms with van der Waals surface area (Å²) in [6, 6.07) is 12.4. The van der Waals surface area contributed by atoms with E-state index in [1.165, 1.54) is 18.1 Å². The van der Waals surface area contributed by atoms with Gasteiger partial charge in [-0.15, -0.1) is 0 Å². The minimum atomic E-state index is -0.359. The Morgan fingerprint density at radius 2 is 1.96 bits per heavy atom. The molecular weight excluding hydrogens is 362 g/mol. The maximum Gasteiger partial charge on any atom is 0.293 e. The molecule has 3 rings (SSSR count). The maximum absolute atomic E-state index is 12.5. The van der Waals surface area contributed by atoms with Crippen LogP contribution in [0.1, 0.15) is 11.1 Å². The molecule has 2 aromatic rings. The Labute approximate surface area is 153 Å². The summed E-state index contributed by atoms with van der Waals surface area (Å²) < 4.78 is 5.05. The highest BCUT2D eigenvalue weighted by Crippen LogP contribution is 2.38. The van der Waals surface area contributed by atoms with Crippen molar-refractivity contribution in [2.75, 3.05) is 7.11 Å². The number of imide groups is 1. The Bertz CT molecular complexity index is 867. The lowest BCUT2D eigenvalue weighted by Crippen LogP contribution is -2.27. The fraction of sp³-hybridized carbons (Fsp3) is 0.111. The summed E-state index contributed by atoms with van der Waals surface area (Å²) in [7, 11) is 1.41. The van der Waals surface area contributed by atoms with Crippen LogP contribution in [0.4, 0.5) is 4.79 Å². The van der Waals surface area contributed by atoms with Crippen LogP contribution < -0.4 is 4.74 Å². The number of rotatable bonds is 4. The predicted molar refractivity (Wildman–Crippen MR) is 97.6 cm³/mol. The molecule has 0 aromatic heterocycles. The lowest BCUT2D eigenvalue weighted by molar-refractivity contribution is -0.123. The van der Waals surface area contributed by atoms with E-state index in [0.717, 1.165) is 17.3 Å². The molecule has 1 saturated heterocycles. The number of aromatic hydroxyl groups is 1. The predicted octanol–water partition coefficient (Wildman–Crippen LogP) is 4.29.